The van der Waals surface area contributed by atoms with Crippen LogP contribution in [0.25, 0.3) is 10.2 Å². The Labute approximate surface area is 131 Å². The summed E-state index contributed by atoms with van der Waals surface area (Å²) >= 11 is 1.55. The number of aliphatic carboxylic acids is 1. The Morgan fingerprint density at radius 3 is 2.55 bits per heavy atom. The highest BCUT2D eigenvalue weighted by Crippen LogP contribution is 2.32. The van der Waals surface area contributed by atoms with Crippen LogP contribution in [0.3, 0.4) is 0 Å². The summed E-state index contributed by atoms with van der Waals surface area (Å²) in [5, 5.41) is 19.4. The molecule has 2 aromatic carbocycles. The summed E-state index contributed by atoms with van der Waals surface area (Å²) in [5.41, 5.74) is 1.90. The summed E-state index contributed by atoms with van der Waals surface area (Å²) in [6, 6.07) is 14.7. The molecule has 5 heteroatoms. The van der Waals surface area contributed by atoms with Crippen LogP contribution in [0.2, 0.25) is 0 Å². The third-order valence-electron chi connectivity index (χ3n) is 3.50. The van der Waals surface area contributed by atoms with Crippen LogP contribution in [0, 0.1) is 0 Å². The Balaban J connectivity index is 1.91. The second-order valence-electron chi connectivity index (χ2n) is 5.19. The van der Waals surface area contributed by atoms with Crippen molar-refractivity contribution in [2.24, 2.45) is 0 Å². The number of benzene rings is 2. The van der Waals surface area contributed by atoms with E-state index < -0.39 is 5.97 Å². The van der Waals surface area contributed by atoms with Gasteiger partial charge in [-0.05, 0) is 36.2 Å². The molecule has 112 valence electrons. The SMILES string of the molecule is O=C(O)CC(Cc1ccc(O)cc1)c1nc2ccccc2s1. The van der Waals surface area contributed by atoms with Crippen molar-refractivity contribution < 1.29 is 15.0 Å². The van der Waals surface area contributed by atoms with Gasteiger partial charge in [-0.15, -0.1) is 11.3 Å². The minimum atomic E-state index is -0.831. The van der Waals surface area contributed by atoms with E-state index >= 15 is 0 Å². The quantitative estimate of drug-likeness (QED) is 0.751. The number of thiazole rings is 1. The second kappa shape index (κ2) is 6.15. The normalized spacial score (nSPS) is 12.4. The molecule has 0 aliphatic carbocycles. The lowest BCUT2D eigenvalue weighted by molar-refractivity contribution is -0.137. The molecule has 3 rings (SSSR count). The molecule has 4 nitrogen and oxygen atoms in total. The van der Waals surface area contributed by atoms with Crippen molar-refractivity contribution in [2.75, 3.05) is 0 Å². The molecule has 0 amide bonds. The van der Waals surface area contributed by atoms with E-state index in [0.717, 1.165) is 20.8 Å². The topological polar surface area (TPSA) is 70.4 Å². The van der Waals surface area contributed by atoms with Gasteiger partial charge in [0.05, 0.1) is 21.6 Å². The van der Waals surface area contributed by atoms with E-state index in [1.54, 1.807) is 23.5 Å². The first-order valence-electron chi connectivity index (χ1n) is 6.97. The smallest absolute Gasteiger partial charge is 0.304 e. The van der Waals surface area contributed by atoms with Crippen LogP contribution in [0.5, 0.6) is 5.75 Å². The number of phenols is 1. The van der Waals surface area contributed by atoms with Crippen LogP contribution in [-0.4, -0.2) is 21.2 Å². The van der Waals surface area contributed by atoms with Gasteiger partial charge in [0.2, 0.25) is 0 Å². The van der Waals surface area contributed by atoms with Gasteiger partial charge in [0.1, 0.15) is 5.75 Å². The number of carboxylic acid groups (broad SMARTS) is 1. The lowest BCUT2D eigenvalue weighted by Gasteiger charge is -2.12. The number of hydrogen-bond acceptors (Lipinski definition) is 4. The zero-order chi connectivity index (χ0) is 15.5. The average Bonchev–Trinajstić information content (AvgIpc) is 2.92. The molecule has 0 bridgehead atoms. The molecular formula is C17H15NO3S. The number of carboxylic acids is 1. The second-order valence-corrected chi connectivity index (χ2v) is 6.25. The first-order valence-corrected chi connectivity index (χ1v) is 7.78. The summed E-state index contributed by atoms with van der Waals surface area (Å²) in [6.45, 7) is 0. The fraction of sp³-hybridized carbons (Fsp3) is 0.176. The summed E-state index contributed by atoms with van der Waals surface area (Å²) < 4.78 is 1.07. The summed E-state index contributed by atoms with van der Waals surface area (Å²) in [7, 11) is 0. The van der Waals surface area contributed by atoms with Gasteiger partial charge in [0, 0.05) is 5.92 Å². The van der Waals surface area contributed by atoms with Gasteiger partial charge in [0.25, 0.3) is 0 Å². The van der Waals surface area contributed by atoms with E-state index in [0.29, 0.717) is 6.42 Å². The van der Waals surface area contributed by atoms with E-state index in [1.165, 1.54) is 0 Å². The van der Waals surface area contributed by atoms with Crippen LogP contribution in [0.1, 0.15) is 22.9 Å². The number of phenolic OH excluding ortho intramolecular Hbond substituents is 1. The molecule has 1 heterocycles. The minimum Gasteiger partial charge on any atom is -0.508 e. The maximum atomic E-state index is 11.2. The van der Waals surface area contributed by atoms with Crippen LogP contribution >= 0.6 is 11.3 Å². The van der Waals surface area contributed by atoms with E-state index in [-0.39, 0.29) is 18.1 Å². The molecule has 3 aromatic rings. The zero-order valence-electron chi connectivity index (χ0n) is 11.8. The van der Waals surface area contributed by atoms with Crippen molar-refractivity contribution in [3.8, 4) is 5.75 Å². The number of aromatic nitrogens is 1. The fourth-order valence-electron chi connectivity index (χ4n) is 2.44. The maximum absolute atomic E-state index is 11.2. The van der Waals surface area contributed by atoms with Crippen molar-refractivity contribution in [1.82, 2.24) is 4.98 Å². The number of hydrogen-bond donors (Lipinski definition) is 2. The number of aromatic hydroxyl groups is 1. The van der Waals surface area contributed by atoms with Gasteiger partial charge in [0.15, 0.2) is 0 Å². The highest BCUT2D eigenvalue weighted by atomic mass is 32.1. The van der Waals surface area contributed by atoms with Gasteiger partial charge in [-0.2, -0.15) is 0 Å². The van der Waals surface area contributed by atoms with Gasteiger partial charge >= 0.3 is 5.97 Å². The fourth-order valence-corrected chi connectivity index (χ4v) is 3.51. The third-order valence-corrected chi connectivity index (χ3v) is 4.70. The van der Waals surface area contributed by atoms with Crippen molar-refractivity contribution in [2.45, 2.75) is 18.8 Å². The molecule has 0 aliphatic rings. The van der Waals surface area contributed by atoms with Crippen molar-refractivity contribution in [3.05, 3.63) is 59.1 Å². The molecule has 1 unspecified atom stereocenters. The lowest BCUT2D eigenvalue weighted by atomic mass is 9.96. The van der Waals surface area contributed by atoms with E-state index in [4.69, 9.17) is 0 Å². The van der Waals surface area contributed by atoms with Crippen LogP contribution in [-0.2, 0) is 11.2 Å². The molecule has 0 saturated heterocycles. The number of fused-ring (bicyclic) bond motifs is 1. The first-order chi connectivity index (χ1) is 10.6. The van der Waals surface area contributed by atoms with Crippen LogP contribution < -0.4 is 0 Å². The van der Waals surface area contributed by atoms with Gasteiger partial charge in [-0.1, -0.05) is 24.3 Å². The average molecular weight is 313 g/mol. The van der Waals surface area contributed by atoms with Crippen molar-refractivity contribution in [1.29, 1.82) is 0 Å². The molecule has 0 spiro atoms. The highest BCUT2D eigenvalue weighted by Gasteiger charge is 2.20. The zero-order valence-corrected chi connectivity index (χ0v) is 12.6. The Morgan fingerprint density at radius 2 is 1.86 bits per heavy atom. The molecule has 1 atom stereocenters. The minimum absolute atomic E-state index is 0.0424. The summed E-state index contributed by atoms with van der Waals surface area (Å²) in [5.74, 6) is -0.791. The van der Waals surface area contributed by atoms with Gasteiger partial charge in [-0.3, -0.25) is 4.79 Å². The number of nitrogens with zero attached hydrogens (tertiary/aromatic N) is 1. The van der Waals surface area contributed by atoms with Crippen LogP contribution in [0.15, 0.2) is 48.5 Å². The Morgan fingerprint density at radius 1 is 1.14 bits per heavy atom. The largest absolute Gasteiger partial charge is 0.508 e. The summed E-state index contributed by atoms with van der Waals surface area (Å²) in [4.78, 5) is 15.8. The number of para-hydroxylation sites is 1. The van der Waals surface area contributed by atoms with Crippen LogP contribution in [0.4, 0.5) is 0 Å². The third kappa shape index (κ3) is 3.26. The predicted molar refractivity (Wildman–Crippen MR) is 86.4 cm³/mol. The highest BCUT2D eigenvalue weighted by molar-refractivity contribution is 7.18. The molecular weight excluding hydrogens is 298 g/mol. The molecule has 0 radical (unpaired) electrons. The Kier molecular flexibility index (Phi) is 4.06. The van der Waals surface area contributed by atoms with E-state index in [2.05, 4.69) is 4.98 Å². The Hall–Kier alpha value is -2.40. The van der Waals surface area contributed by atoms with Gasteiger partial charge in [-0.25, -0.2) is 4.98 Å². The van der Waals surface area contributed by atoms with Gasteiger partial charge < -0.3 is 10.2 Å². The monoisotopic (exact) mass is 313 g/mol. The summed E-state index contributed by atoms with van der Waals surface area (Å²) in [6.07, 6.45) is 0.632. The Bertz CT molecular complexity index is 762. The molecule has 0 fully saturated rings. The molecule has 0 aliphatic heterocycles. The van der Waals surface area contributed by atoms with E-state index in [1.807, 2.05) is 36.4 Å². The molecule has 0 saturated carbocycles. The molecule has 22 heavy (non-hydrogen) atoms. The lowest BCUT2D eigenvalue weighted by Crippen LogP contribution is -2.09. The maximum Gasteiger partial charge on any atom is 0.304 e. The predicted octanol–water partition coefficient (Wildman–Crippen LogP) is 3.80. The standard InChI is InChI=1S/C17H15NO3S/c19-13-7-5-11(6-8-13)9-12(10-16(20)21)17-18-14-3-1-2-4-15(14)22-17/h1-8,12,19H,9-10H2,(H,20,21). The van der Waals surface area contributed by atoms with Crippen molar-refractivity contribution >= 4 is 27.5 Å². The van der Waals surface area contributed by atoms with E-state index in [9.17, 15) is 15.0 Å². The first kappa shape index (κ1) is 14.5. The number of carbonyl (C=O) groups is 1. The van der Waals surface area contributed by atoms with Crippen molar-refractivity contribution in [3.63, 3.8) is 0 Å². The molecule has 2 N–H and O–H groups in total. The number of rotatable bonds is 5. The molecule has 1 aromatic heterocycles.